The number of aliphatic hydroxyl groups excluding tert-OH is 1. The number of nitrogens with zero attached hydrogens (tertiary/aromatic N) is 6. The van der Waals surface area contributed by atoms with Crippen LogP contribution in [0.1, 0.15) is 40.2 Å². The monoisotopic (exact) mass is 432 g/mol. The Bertz CT molecular complexity index is 1170. The van der Waals surface area contributed by atoms with Gasteiger partial charge in [0.15, 0.2) is 17.0 Å². The summed E-state index contributed by atoms with van der Waals surface area (Å²) in [6.07, 6.45) is 6.70. The van der Waals surface area contributed by atoms with E-state index in [9.17, 15) is 5.11 Å². The number of aromatic nitrogens is 6. The molecular formula is C23H28N8O. The smallest absolute Gasteiger partial charge is 0.228 e. The van der Waals surface area contributed by atoms with Gasteiger partial charge in [0.05, 0.1) is 6.33 Å². The van der Waals surface area contributed by atoms with Gasteiger partial charge in [0.1, 0.15) is 12.6 Å². The van der Waals surface area contributed by atoms with E-state index in [1.807, 2.05) is 28.8 Å². The van der Waals surface area contributed by atoms with Crippen LogP contribution >= 0.6 is 0 Å². The molecule has 1 atom stereocenters. The molecular weight excluding hydrogens is 404 g/mol. The summed E-state index contributed by atoms with van der Waals surface area (Å²) >= 11 is 0. The van der Waals surface area contributed by atoms with Crippen molar-refractivity contribution in [3.63, 3.8) is 0 Å². The minimum absolute atomic E-state index is 0.184. The highest BCUT2D eigenvalue weighted by molar-refractivity contribution is 5.86. The molecule has 3 N–H and O–H groups in total. The molecule has 0 fully saturated rings. The summed E-state index contributed by atoms with van der Waals surface area (Å²) in [5.74, 6) is 1.27. The van der Waals surface area contributed by atoms with Crippen LogP contribution in [-0.4, -0.2) is 40.8 Å². The van der Waals surface area contributed by atoms with E-state index in [1.165, 1.54) is 6.33 Å². The molecule has 0 amide bonds. The molecule has 0 unspecified atom stereocenters. The van der Waals surface area contributed by atoms with E-state index in [0.29, 0.717) is 35.3 Å². The molecule has 3 aromatic heterocycles. The molecule has 0 radical (unpaired) electrons. The minimum Gasteiger partial charge on any atom is -0.374 e. The molecule has 0 aliphatic carbocycles. The second-order valence-electron chi connectivity index (χ2n) is 8.43. The predicted molar refractivity (Wildman–Crippen MR) is 126 cm³/mol. The van der Waals surface area contributed by atoms with Crippen LogP contribution in [0.5, 0.6) is 0 Å². The van der Waals surface area contributed by atoms with Gasteiger partial charge in [-0.05, 0) is 43.9 Å². The largest absolute Gasteiger partial charge is 0.374 e. The molecule has 0 bridgehead atoms. The lowest BCUT2D eigenvalue weighted by Gasteiger charge is -2.16. The van der Waals surface area contributed by atoms with Crippen LogP contribution in [0.4, 0.5) is 17.5 Å². The molecule has 0 aliphatic rings. The average Bonchev–Trinajstić information content (AvgIpc) is 3.19. The molecule has 9 heteroatoms. The summed E-state index contributed by atoms with van der Waals surface area (Å²) in [6, 6.07) is 8.12. The Hall–Kier alpha value is -3.59. The van der Waals surface area contributed by atoms with Gasteiger partial charge >= 0.3 is 0 Å². The number of nitrogens with one attached hydrogen (secondary N) is 2. The summed E-state index contributed by atoms with van der Waals surface area (Å²) in [6.45, 7) is 8.26. The number of rotatable bonds is 8. The standard InChI is InChI=1S/C23H28N8O/c1-14(2)9-19(32)28-23-29-21(20-22(30-23)31(13-26-20)15(3)4)27-18-7-5-16(6-8-18)17-10-24-12-25-11-17/h5-8,10-15,19,32H,9H2,1-4H3,(H2,27,28,29,30)/t19-/m0/s1. The average molecular weight is 433 g/mol. The summed E-state index contributed by atoms with van der Waals surface area (Å²) in [5.41, 5.74) is 4.20. The number of fused-ring (bicyclic) bond motifs is 1. The fraction of sp³-hybridized carbons (Fsp3) is 0.348. The Balaban J connectivity index is 1.66. The molecule has 9 nitrogen and oxygen atoms in total. The Labute approximate surface area is 187 Å². The highest BCUT2D eigenvalue weighted by Gasteiger charge is 2.17. The molecule has 0 aliphatic heterocycles. The fourth-order valence-electron chi connectivity index (χ4n) is 3.43. The molecule has 4 rings (SSSR count). The van der Waals surface area contributed by atoms with Crippen molar-refractivity contribution < 1.29 is 5.11 Å². The van der Waals surface area contributed by atoms with Crippen LogP contribution in [-0.2, 0) is 0 Å². The number of hydrogen-bond donors (Lipinski definition) is 3. The summed E-state index contributed by atoms with van der Waals surface area (Å²) in [5, 5.41) is 16.7. The van der Waals surface area contributed by atoms with Crippen LogP contribution in [0.2, 0.25) is 0 Å². The van der Waals surface area contributed by atoms with Crippen LogP contribution < -0.4 is 10.6 Å². The first-order chi connectivity index (χ1) is 15.4. The Morgan fingerprint density at radius 3 is 2.34 bits per heavy atom. The van der Waals surface area contributed by atoms with Crippen molar-refractivity contribution in [2.45, 2.75) is 46.4 Å². The van der Waals surface area contributed by atoms with E-state index >= 15 is 0 Å². The van der Waals surface area contributed by atoms with Gasteiger partial charge in [0.2, 0.25) is 5.95 Å². The lowest BCUT2D eigenvalue weighted by Crippen LogP contribution is -2.22. The lowest BCUT2D eigenvalue weighted by atomic mass is 10.1. The van der Waals surface area contributed by atoms with Crippen molar-refractivity contribution in [1.82, 2.24) is 29.5 Å². The first kappa shape index (κ1) is 21.6. The first-order valence-electron chi connectivity index (χ1n) is 10.7. The van der Waals surface area contributed by atoms with Crippen molar-refractivity contribution in [2.24, 2.45) is 5.92 Å². The van der Waals surface area contributed by atoms with E-state index in [1.54, 1.807) is 18.7 Å². The SMILES string of the molecule is CC(C)C[C@H](O)Nc1nc(Nc2ccc(-c3cncnc3)cc2)c2ncn(C(C)C)c2n1. The van der Waals surface area contributed by atoms with E-state index in [2.05, 4.69) is 63.2 Å². The van der Waals surface area contributed by atoms with Crippen LogP contribution in [0.25, 0.3) is 22.3 Å². The predicted octanol–water partition coefficient (Wildman–Crippen LogP) is 4.38. The second-order valence-corrected chi connectivity index (χ2v) is 8.43. The zero-order valence-electron chi connectivity index (χ0n) is 18.7. The number of anilines is 3. The molecule has 32 heavy (non-hydrogen) atoms. The highest BCUT2D eigenvalue weighted by atomic mass is 16.3. The molecule has 0 saturated heterocycles. The number of imidazole rings is 1. The Kier molecular flexibility index (Phi) is 6.27. The summed E-state index contributed by atoms with van der Waals surface area (Å²) in [4.78, 5) is 21.9. The van der Waals surface area contributed by atoms with Gasteiger partial charge in [-0.2, -0.15) is 9.97 Å². The number of aliphatic hydroxyl groups is 1. The quantitative estimate of drug-likeness (QED) is 0.351. The lowest BCUT2D eigenvalue weighted by molar-refractivity contribution is 0.175. The van der Waals surface area contributed by atoms with Gasteiger partial charge in [0, 0.05) is 29.7 Å². The van der Waals surface area contributed by atoms with Crippen molar-refractivity contribution >= 4 is 28.6 Å². The molecule has 166 valence electrons. The maximum absolute atomic E-state index is 10.3. The van der Waals surface area contributed by atoms with Gasteiger partial charge in [-0.25, -0.2) is 15.0 Å². The molecule has 4 aromatic rings. The van der Waals surface area contributed by atoms with Gasteiger partial charge < -0.3 is 20.3 Å². The van der Waals surface area contributed by atoms with Gasteiger partial charge in [-0.1, -0.05) is 26.0 Å². The van der Waals surface area contributed by atoms with E-state index in [0.717, 1.165) is 16.8 Å². The van der Waals surface area contributed by atoms with E-state index < -0.39 is 6.23 Å². The zero-order chi connectivity index (χ0) is 22.7. The van der Waals surface area contributed by atoms with Crippen molar-refractivity contribution in [3.05, 3.63) is 49.3 Å². The summed E-state index contributed by atoms with van der Waals surface area (Å²) in [7, 11) is 0. The molecule has 0 saturated carbocycles. The molecule has 1 aromatic carbocycles. The maximum Gasteiger partial charge on any atom is 0.228 e. The van der Waals surface area contributed by atoms with Crippen molar-refractivity contribution in [2.75, 3.05) is 10.6 Å². The third kappa shape index (κ3) is 4.83. The number of hydrogen-bond acceptors (Lipinski definition) is 8. The van der Waals surface area contributed by atoms with Crippen LogP contribution in [0.15, 0.2) is 49.3 Å². The molecule has 0 spiro atoms. The number of benzene rings is 1. The van der Waals surface area contributed by atoms with E-state index in [4.69, 9.17) is 0 Å². The topological polar surface area (TPSA) is 114 Å². The Morgan fingerprint density at radius 1 is 0.969 bits per heavy atom. The Morgan fingerprint density at radius 2 is 1.69 bits per heavy atom. The van der Waals surface area contributed by atoms with Crippen molar-refractivity contribution in [3.8, 4) is 11.1 Å². The van der Waals surface area contributed by atoms with Gasteiger partial charge in [-0.15, -0.1) is 0 Å². The van der Waals surface area contributed by atoms with Gasteiger partial charge in [0.25, 0.3) is 0 Å². The third-order valence-corrected chi connectivity index (χ3v) is 5.01. The van der Waals surface area contributed by atoms with Crippen LogP contribution in [0, 0.1) is 5.92 Å². The fourth-order valence-corrected chi connectivity index (χ4v) is 3.43. The first-order valence-corrected chi connectivity index (χ1v) is 10.7. The highest BCUT2D eigenvalue weighted by Crippen LogP contribution is 2.27. The van der Waals surface area contributed by atoms with E-state index in [-0.39, 0.29) is 6.04 Å². The normalized spacial score (nSPS) is 12.5. The zero-order valence-corrected chi connectivity index (χ0v) is 18.7. The minimum atomic E-state index is -0.733. The van der Waals surface area contributed by atoms with Crippen molar-refractivity contribution in [1.29, 1.82) is 0 Å². The van der Waals surface area contributed by atoms with Gasteiger partial charge in [-0.3, -0.25) is 0 Å². The third-order valence-electron chi connectivity index (χ3n) is 5.01. The maximum atomic E-state index is 10.3. The molecule has 3 heterocycles. The summed E-state index contributed by atoms with van der Waals surface area (Å²) < 4.78 is 1.99. The van der Waals surface area contributed by atoms with Crippen LogP contribution in [0.3, 0.4) is 0 Å². The second kappa shape index (κ2) is 9.27.